The molecule has 0 saturated heterocycles. The minimum Gasteiger partial charge on any atom is -0.325 e. The molecule has 4 heteroatoms. The standard InChI is InChI=1S/C19H23N3O/c1-13(2)10-19(23)21-16-8-9-18(20-12-16)22-14(3)11-15-6-4-5-7-17(15)22/h4-9,12-14H,10-11H2,1-3H3,(H,21,23). The van der Waals surface area contributed by atoms with Crippen molar-refractivity contribution in [2.45, 2.75) is 39.7 Å². The number of pyridine rings is 1. The second kappa shape index (κ2) is 6.41. The summed E-state index contributed by atoms with van der Waals surface area (Å²) in [7, 11) is 0. The number of benzene rings is 1. The number of aromatic nitrogens is 1. The number of para-hydroxylation sites is 1. The smallest absolute Gasteiger partial charge is 0.224 e. The molecule has 0 spiro atoms. The Labute approximate surface area is 137 Å². The predicted octanol–water partition coefficient (Wildman–Crippen LogP) is 4.15. The Morgan fingerprint density at radius 2 is 2.09 bits per heavy atom. The average molecular weight is 309 g/mol. The van der Waals surface area contributed by atoms with Crippen molar-refractivity contribution < 1.29 is 4.79 Å². The molecule has 4 nitrogen and oxygen atoms in total. The number of rotatable bonds is 4. The van der Waals surface area contributed by atoms with Gasteiger partial charge in [0.2, 0.25) is 5.91 Å². The Morgan fingerprint density at radius 3 is 2.78 bits per heavy atom. The van der Waals surface area contributed by atoms with E-state index in [9.17, 15) is 4.79 Å². The van der Waals surface area contributed by atoms with E-state index in [0.717, 1.165) is 17.9 Å². The second-order valence-electron chi connectivity index (χ2n) is 6.60. The van der Waals surface area contributed by atoms with Crippen molar-refractivity contribution in [3.8, 4) is 0 Å². The fourth-order valence-electron chi connectivity index (χ4n) is 3.10. The molecule has 1 N–H and O–H groups in total. The number of hydrogen-bond acceptors (Lipinski definition) is 3. The molecule has 1 unspecified atom stereocenters. The van der Waals surface area contributed by atoms with Crippen molar-refractivity contribution >= 4 is 23.1 Å². The van der Waals surface area contributed by atoms with Crippen LogP contribution in [0.4, 0.5) is 17.2 Å². The highest BCUT2D eigenvalue weighted by Crippen LogP contribution is 2.37. The zero-order valence-electron chi connectivity index (χ0n) is 13.9. The Bertz CT molecular complexity index is 694. The number of amides is 1. The van der Waals surface area contributed by atoms with Gasteiger partial charge in [-0.15, -0.1) is 0 Å². The van der Waals surface area contributed by atoms with Crippen molar-refractivity contribution in [1.29, 1.82) is 0 Å². The van der Waals surface area contributed by atoms with Gasteiger partial charge in [0, 0.05) is 18.2 Å². The van der Waals surface area contributed by atoms with Crippen LogP contribution in [-0.4, -0.2) is 16.9 Å². The maximum atomic E-state index is 11.8. The van der Waals surface area contributed by atoms with Crippen LogP contribution in [0.3, 0.4) is 0 Å². The first-order chi connectivity index (χ1) is 11.0. The maximum Gasteiger partial charge on any atom is 0.224 e. The van der Waals surface area contributed by atoms with E-state index in [1.165, 1.54) is 11.3 Å². The topological polar surface area (TPSA) is 45.2 Å². The van der Waals surface area contributed by atoms with Crippen LogP contribution < -0.4 is 10.2 Å². The number of carbonyl (C=O) groups excluding carboxylic acids is 1. The van der Waals surface area contributed by atoms with Crippen molar-refractivity contribution in [3.63, 3.8) is 0 Å². The van der Waals surface area contributed by atoms with Crippen LogP contribution in [0.5, 0.6) is 0 Å². The summed E-state index contributed by atoms with van der Waals surface area (Å²) in [6.07, 6.45) is 3.30. The molecule has 0 aliphatic carbocycles. The lowest BCUT2D eigenvalue weighted by Crippen LogP contribution is -2.24. The first-order valence-corrected chi connectivity index (χ1v) is 8.17. The molecule has 0 fully saturated rings. The van der Waals surface area contributed by atoms with Gasteiger partial charge in [-0.2, -0.15) is 0 Å². The van der Waals surface area contributed by atoms with Crippen LogP contribution in [0.15, 0.2) is 42.6 Å². The van der Waals surface area contributed by atoms with Crippen LogP contribution >= 0.6 is 0 Å². The molecule has 1 amide bonds. The van der Waals surface area contributed by atoms with Crippen molar-refractivity contribution in [2.24, 2.45) is 5.92 Å². The Kier molecular flexibility index (Phi) is 4.33. The fraction of sp³-hybridized carbons (Fsp3) is 0.368. The molecule has 1 aromatic carbocycles. The highest BCUT2D eigenvalue weighted by atomic mass is 16.1. The maximum absolute atomic E-state index is 11.8. The number of fused-ring (bicyclic) bond motifs is 1. The van der Waals surface area contributed by atoms with E-state index in [0.29, 0.717) is 18.4 Å². The largest absolute Gasteiger partial charge is 0.325 e. The molecule has 1 aliphatic heterocycles. The van der Waals surface area contributed by atoms with Crippen LogP contribution in [0.1, 0.15) is 32.8 Å². The molecule has 23 heavy (non-hydrogen) atoms. The number of nitrogens with zero attached hydrogens (tertiary/aromatic N) is 2. The number of anilines is 3. The first kappa shape index (κ1) is 15.5. The zero-order valence-corrected chi connectivity index (χ0v) is 13.9. The van der Waals surface area contributed by atoms with Gasteiger partial charge in [-0.3, -0.25) is 4.79 Å². The Morgan fingerprint density at radius 1 is 1.30 bits per heavy atom. The monoisotopic (exact) mass is 309 g/mol. The molecule has 2 heterocycles. The predicted molar refractivity (Wildman–Crippen MR) is 94.1 cm³/mol. The van der Waals surface area contributed by atoms with Gasteiger partial charge in [0.1, 0.15) is 5.82 Å². The molecule has 1 aliphatic rings. The highest BCUT2D eigenvalue weighted by molar-refractivity contribution is 5.90. The molecular formula is C19H23N3O. The quantitative estimate of drug-likeness (QED) is 0.923. The van der Waals surface area contributed by atoms with Gasteiger partial charge in [0.25, 0.3) is 0 Å². The summed E-state index contributed by atoms with van der Waals surface area (Å²) in [5, 5.41) is 2.90. The first-order valence-electron chi connectivity index (χ1n) is 8.17. The molecule has 0 bridgehead atoms. The molecule has 0 radical (unpaired) electrons. The minimum absolute atomic E-state index is 0.0365. The SMILES string of the molecule is CC(C)CC(=O)Nc1ccc(N2c3ccccc3CC2C)nc1. The zero-order chi connectivity index (χ0) is 16.4. The summed E-state index contributed by atoms with van der Waals surface area (Å²) in [4.78, 5) is 18.6. The molecule has 0 saturated carbocycles. The lowest BCUT2D eigenvalue weighted by Gasteiger charge is -2.24. The Hall–Kier alpha value is -2.36. The van der Waals surface area contributed by atoms with E-state index < -0.39 is 0 Å². The Balaban J connectivity index is 1.76. The van der Waals surface area contributed by atoms with E-state index in [4.69, 9.17) is 0 Å². The van der Waals surface area contributed by atoms with Gasteiger partial charge in [-0.05, 0) is 43.0 Å². The number of nitrogens with one attached hydrogen (secondary N) is 1. The molecular weight excluding hydrogens is 286 g/mol. The van der Waals surface area contributed by atoms with Crippen molar-refractivity contribution in [2.75, 3.05) is 10.2 Å². The molecule has 3 rings (SSSR count). The van der Waals surface area contributed by atoms with Crippen molar-refractivity contribution in [3.05, 3.63) is 48.2 Å². The van der Waals surface area contributed by atoms with Gasteiger partial charge < -0.3 is 10.2 Å². The summed E-state index contributed by atoms with van der Waals surface area (Å²) in [5.74, 6) is 1.31. The van der Waals surface area contributed by atoms with Gasteiger partial charge in [0.15, 0.2) is 0 Å². The van der Waals surface area contributed by atoms with Crippen LogP contribution in [0.25, 0.3) is 0 Å². The van der Waals surface area contributed by atoms with E-state index >= 15 is 0 Å². The van der Waals surface area contributed by atoms with Gasteiger partial charge >= 0.3 is 0 Å². The van der Waals surface area contributed by atoms with E-state index in [2.05, 4.69) is 46.4 Å². The molecule has 1 aromatic heterocycles. The third kappa shape index (κ3) is 3.36. The van der Waals surface area contributed by atoms with E-state index in [1.807, 2.05) is 26.0 Å². The van der Waals surface area contributed by atoms with Crippen LogP contribution in [0.2, 0.25) is 0 Å². The lowest BCUT2D eigenvalue weighted by molar-refractivity contribution is -0.116. The van der Waals surface area contributed by atoms with Gasteiger partial charge in [0.05, 0.1) is 11.9 Å². The van der Waals surface area contributed by atoms with Crippen LogP contribution in [-0.2, 0) is 11.2 Å². The number of carbonyl (C=O) groups is 1. The fourth-order valence-corrected chi connectivity index (χ4v) is 3.10. The van der Waals surface area contributed by atoms with Crippen LogP contribution in [0, 0.1) is 5.92 Å². The summed E-state index contributed by atoms with van der Waals surface area (Å²) in [6, 6.07) is 12.7. The molecule has 1 atom stereocenters. The number of hydrogen-bond donors (Lipinski definition) is 1. The normalized spacial score (nSPS) is 16.5. The van der Waals surface area contributed by atoms with E-state index in [1.54, 1.807) is 6.20 Å². The average Bonchev–Trinajstić information content (AvgIpc) is 2.83. The third-order valence-electron chi connectivity index (χ3n) is 4.08. The van der Waals surface area contributed by atoms with E-state index in [-0.39, 0.29) is 5.91 Å². The highest BCUT2D eigenvalue weighted by Gasteiger charge is 2.27. The summed E-state index contributed by atoms with van der Waals surface area (Å²) in [5.41, 5.74) is 3.33. The lowest BCUT2D eigenvalue weighted by atomic mass is 10.1. The second-order valence-corrected chi connectivity index (χ2v) is 6.60. The van der Waals surface area contributed by atoms with Gasteiger partial charge in [-0.25, -0.2) is 4.98 Å². The molecule has 120 valence electrons. The summed E-state index contributed by atoms with van der Waals surface area (Å²) >= 11 is 0. The third-order valence-corrected chi connectivity index (χ3v) is 4.08. The van der Waals surface area contributed by atoms with Gasteiger partial charge in [-0.1, -0.05) is 32.0 Å². The minimum atomic E-state index is 0.0365. The van der Waals surface area contributed by atoms with Crippen molar-refractivity contribution in [1.82, 2.24) is 4.98 Å². The molecule has 2 aromatic rings. The summed E-state index contributed by atoms with van der Waals surface area (Å²) in [6.45, 7) is 6.28. The summed E-state index contributed by atoms with van der Waals surface area (Å²) < 4.78 is 0.